The maximum atomic E-state index is 10.8. The molecule has 110 valence electrons. The van der Waals surface area contributed by atoms with Gasteiger partial charge in [0, 0.05) is 13.2 Å². The van der Waals surface area contributed by atoms with Crippen LogP contribution in [0.2, 0.25) is 0 Å². The zero-order valence-corrected chi connectivity index (χ0v) is 13.9. The predicted molar refractivity (Wildman–Crippen MR) is 80.1 cm³/mol. The van der Waals surface area contributed by atoms with Crippen LogP contribution >= 0.6 is 15.9 Å². The summed E-state index contributed by atoms with van der Waals surface area (Å²) in [5, 5.41) is 15.1. The number of ether oxygens (including phenoxy) is 1. The van der Waals surface area contributed by atoms with Gasteiger partial charge in [-0.2, -0.15) is 5.10 Å². The fourth-order valence-electron chi connectivity index (χ4n) is 2.49. The molecule has 19 heavy (non-hydrogen) atoms. The number of aliphatic hydroxyl groups excluding tert-OH is 1. The van der Waals surface area contributed by atoms with Crippen LogP contribution in [0, 0.1) is 0 Å². The molecule has 1 N–H and O–H groups in total. The van der Waals surface area contributed by atoms with Gasteiger partial charge in [0.15, 0.2) is 0 Å². The highest BCUT2D eigenvalue weighted by Crippen LogP contribution is 2.38. The third kappa shape index (κ3) is 3.38. The first kappa shape index (κ1) is 16.7. The Hall–Kier alpha value is -0.390. The van der Waals surface area contributed by atoms with E-state index >= 15 is 0 Å². The van der Waals surface area contributed by atoms with Crippen LogP contribution in [0.3, 0.4) is 0 Å². The summed E-state index contributed by atoms with van der Waals surface area (Å²) in [7, 11) is 0. The van der Waals surface area contributed by atoms with Gasteiger partial charge in [0.1, 0.15) is 6.10 Å². The van der Waals surface area contributed by atoms with Crippen LogP contribution in [0.25, 0.3) is 0 Å². The number of aryl methyl sites for hydroxylation is 1. The quantitative estimate of drug-likeness (QED) is 0.789. The maximum Gasteiger partial charge on any atom is 0.126 e. The summed E-state index contributed by atoms with van der Waals surface area (Å²) >= 11 is 3.49. The Labute approximate surface area is 124 Å². The lowest BCUT2D eigenvalue weighted by Gasteiger charge is -2.36. The van der Waals surface area contributed by atoms with Gasteiger partial charge < -0.3 is 9.84 Å². The van der Waals surface area contributed by atoms with E-state index in [-0.39, 0.29) is 0 Å². The zero-order chi connectivity index (χ0) is 14.5. The number of aromatic nitrogens is 2. The minimum absolute atomic E-state index is 0.539. The van der Waals surface area contributed by atoms with Gasteiger partial charge in [-0.3, -0.25) is 4.68 Å². The highest BCUT2D eigenvalue weighted by atomic mass is 79.9. The van der Waals surface area contributed by atoms with Crippen molar-refractivity contribution in [2.45, 2.75) is 65.2 Å². The number of nitrogens with zero attached hydrogens (tertiary/aromatic N) is 2. The average Bonchev–Trinajstić information content (AvgIpc) is 2.77. The van der Waals surface area contributed by atoms with Crippen LogP contribution < -0.4 is 0 Å². The first-order valence-corrected chi connectivity index (χ1v) is 7.88. The molecule has 5 heteroatoms. The van der Waals surface area contributed by atoms with Crippen molar-refractivity contribution in [1.82, 2.24) is 9.78 Å². The first-order valence-electron chi connectivity index (χ1n) is 7.09. The van der Waals surface area contributed by atoms with Gasteiger partial charge >= 0.3 is 0 Å². The van der Waals surface area contributed by atoms with Crippen LogP contribution in [0.5, 0.6) is 0 Å². The molecule has 0 aromatic carbocycles. The smallest absolute Gasteiger partial charge is 0.126 e. The fourth-order valence-corrected chi connectivity index (χ4v) is 3.00. The lowest BCUT2D eigenvalue weighted by Crippen LogP contribution is -2.39. The number of hydrogen-bond donors (Lipinski definition) is 1. The van der Waals surface area contributed by atoms with E-state index in [4.69, 9.17) is 4.74 Å². The summed E-state index contributed by atoms with van der Waals surface area (Å²) in [5.74, 6) is 0. The Morgan fingerprint density at radius 2 is 2.00 bits per heavy atom. The van der Waals surface area contributed by atoms with Gasteiger partial charge in [0.25, 0.3) is 0 Å². The normalized spacial score (nSPS) is 13.8. The molecule has 4 nitrogen and oxygen atoms in total. The van der Waals surface area contributed by atoms with E-state index in [1.807, 2.05) is 11.6 Å². The van der Waals surface area contributed by atoms with Crippen molar-refractivity contribution in [1.29, 1.82) is 0 Å². The second kappa shape index (κ2) is 7.41. The third-order valence-electron chi connectivity index (χ3n) is 3.65. The van der Waals surface area contributed by atoms with Gasteiger partial charge in [0.05, 0.1) is 22.0 Å². The van der Waals surface area contributed by atoms with E-state index in [1.54, 1.807) is 6.20 Å². The Balaban J connectivity index is 3.15. The summed E-state index contributed by atoms with van der Waals surface area (Å²) in [6, 6.07) is 0. The SMILES string of the molecule is CCCn1ncc(Br)c1C(O)C(CC)(CC)OCC. The summed E-state index contributed by atoms with van der Waals surface area (Å²) in [4.78, 5) is 0. The van der Waals surface area contributed by atoms with Crippen molar-refractivity contribution in [3.05, 3.63) is 16.4 Å². The second-order valence-electron chi connectivity index (χ2n) is 4.71. The van der Waals surface area contributed by atoms with Crippen molar-refractivity contribution in [3.8, 4) is 0 Å². The van der Waals surface area contributed by atoms with E-state index < -0.39 is 11.7 Å². The molecule has 0 spiro atoms. The fraction of sp³-hybridized carbons (Fsp3) is 0.786. The van der Waals surface area contributed by atoms with Crippen LogP contribution in [-0.2, 0) is 11.3 Å². The molecule has 0 fully saturated rings. The summed E-state index contributed by atoms with van der Waals surface area (Å²) in [5.41, 5.74) is 0.280. The lowest BCUT2D eigenvalue weighted by atomic mass is 9.88. The molecule has 1 rings (SSSR count). The monoisotopic (exact) mass is 332 g/mol. The molecule has 0 aliphatic heterocycles. The highest BCUT2D eigenvalue weighted by molar-refractivity contribution is 9.10. The standard InChI is InChI=1S/C14H25BrN2O2/c1-5-9-17-12(11(15)10-16-17)13(18)14(6-2,7-3)19-8-4/h10,13,18H,5-9H2,1-4H3. The molecule has 0 aliphatic rings. The number of aliphatic hydroxyl groups is 1. The van der Waals surface area contributed by atoms with Crippen molar-refractivity contribution in [2.75, 3.05) is 6.61 Å². The van der Waals surface area contributed by atoms with Crippen molar-refractivity contribution in [2.24, 2.45) is 0 Å². The van der Waals surface area contributed by atoms with Crippen LogP contribution in [0.15, 0.2) is 10.7 Å². The predicted octanol–water partition coefficient (Wildman–Crippen LogP) is 3.68. The average molecular weight is 333 g/mol. The van der Waals surface area contributed by atoms with E-state index in [9.17, 15) is 5.11 Å². The topological polar surface area (TPSA) is 47.3 Å². The molecule has 1 unspecified atom stereocenters. The van der Waals surface area contributed by atoms with Gasteiger partial charge in [-0.15, -0.1) is 0 Å². The van der Waals surface area contributed by atoms with Crippen LogP contribution in [0.4, 0.5) is 0 Å². The molecule has 1 heterocycles. The minimum atomic E-state index is -0.675. The Morgan fingerprint density at radius 3 is 2.47 bits per heavy atom. The van der Waals surface area contributed by atoms with Crippen LogP contribution in [-0.4, -0.2) is 27.1 Å². The number of hydrogen-bond acceptors (Lipinski definition) is 3. The molecule has 0 radical (unpaired) electrons. The van der Waals surface area contributed by atoms with E-state index in [0.717, 1.165) is 36.0 Å². The largest absolute Gasteiger partial charge is 0.384 e. The lowest BCUT2D eigenvalue weighted by molar-refractivity contribution is -0.130. The summed E-state index contributed by atoms with van der Waals surface area (Å²) in [6.07, 6.45) is 3.58. The van der Waals surface area contributed by atoms with Crippen LogP contribution in [0.1, 0.15) is 58.8 Å². The Kier molecular flexibility index (Phi) is 6.50. The Bertz CT molecular complexity index is 389. The molecule has 0 saturated heterocycles. The molecular formula is C14H25BrN2O2. The van der Waals surface area contributed by atoms with Gasteiger partial charge in [-0.25, -0.2) is 0 Å². The number of halogens is 1. The van der Waals surface area contributed by atoms with Gasteiger partial charge in [-0.05, 0) is 42.1 Å². The molecule has 0 bridgehead atoms. The molecule has 1 aromatic heterocycles. The Morgan fingerprint density at radius 1 is 1.37 bits per heavy atom. The van der Waals surface area contributed by atoms with Crippen molar-refractivity contribution in [3.63, 3.8) is 0 Å². The van der Waals surface area contributed by atoms with Gasteiger partial charge in [-0.1, -0.05) is 20.8 Å². The molecular weight excluding hydrogens is 308 g/mol. The van der Waals surface area contributed by atoms with E-state index in [2.05, 4.69) is 41.8 Å². The highest BCUT2D eigenvalue weighted by Gasteiger charge is 2.39. The van der Waals surface area contributed by atoms with E-state index in [0.29, 0.717) is 6.61 Å². The van der Waals surface area contributed by atoms with E-state index in [1.165, 1.54) is 0 Å². The first-order chi connectivity index (χ1) is 9.06. The zero-order valence-electron chi connectivity index (χ0n) is 12.3. The summed E-state index contributed by atoms with van der Waals surface area (Å²) < 4.78 is 8.61. The van der Waals surface area contributed by atoms with Crippen molar-refractivity contribution < 1.29 is 9.84 Å². The maximum absolute atomic E-state index is 10.8. The second-order valence-corrected chi connectivity index (χ2v) is 5.56. The van der Waals surface area contributed by atoms with Gasteiger partial charge in [0.2, 0.25) is 0 Å². The molecule has 1 atom stereocenters. The molecule has 0 saturated carbocycles. The number of rotatable bonds is 8. The molecule has 1 aromatic rings. The molecule has 0 amide bonds. The molecule has 0 aliphatic carbocycles. The van der Waals surface area contributed by atoms with Crippen molar-refractivity contribution >= 4 is 15.9 Å². The summed E-state index contributed by atoms with van der Waals surface area (Å²) in [6.45, 7) is 9.56. The third-order valence-corrected chi connectivity index (χ3v) is 4.27. The minimum Gasteiger partial charge on any atom is -0.384 e.